The van der Waals surface area contributed by atoms with Gasteiger partial charge in [-0.15, -0.1) is 11.3 Å². The van der Waals surface area contributed by atoms with Crippen LogP contribution in [-0.2, 0) is 16.4 Å². The fraction of sp³-hybridized carbons (Fsp3) is 0.318. The summed E-state index contributed by atoms with van der Waals surface area (Å²) in [5, 5.41) is 2.98. The van der Waals surface area contributed by atoms with Crippen LogP contribution in [0.4, 0.5) is 5.13 Å². The van der Waals surface area contributed by atoms with Gasteiger partial charge in [0.05, 0.1) is 17.7 Å². The molecule has 8 nitrogen and oxygen atoms in total. The van der Waals surface area contributed by atoms with Crippen molar-refractivity contribution in [3.63, 3.8) is 0 Å². The number of piperazine rings is 1. The number of thiazole rings is 1. The van der Waals surface area contributed by atoms with Crippen molar-refractivity contribution in [1.82, 2.24) is 9.29 Å². The number of aromatic nitrogens is 1. The Hall–Kier alpha value is -2.82. The molecule has 0 radical (unpaired) electrons. The summed E-state index contributed by atoms with van der Waals surface area (Å²) in [6.45, 7) is 2.11. The summed E-state index contributed by atoms with van der Waals surface area (Å²) in [4.78, 5) is 7.15. The Labute approximate surface area is 191 Å². The van der Waals surface area contributed by atoms with Gasteiger partial charge in [0.15, 0.2) is 16.6 Å². The zero-order chi connectivity index (χ0) is 22.1. The molecule has 2 aliphatic rings. The normalized spacial score (nSPS) is 16.3. The van der Waals surface area contributed by atoms with Gasteiger partial charge >= 0.3 is 0 Å². The molecule has 0 amide bonds. The van der Waals surface area contributed by atoms with Crippen molar-refractivity contribution in [3.8, 4) is 17.2 Å². The lowest BCUT2D eigenvalue weighted by Crippen LogP contribution is -2.48. The SMILES string of the molecule is COc1cccc(Cc2csc(N3CCN(S(=O)(=O)c4ccc5c(c4)OCO5)CC3)n2)c1. The molecule has 0 aliphatic carbocycles. The lowest BCUT2D eigenvalue weighted by molar-refractivity contribution is 0.174. The van der Waals surface area contributed by atoms with Gasteiger partial charge in [-0.2, -0.15) is 4.31 Å². The first-order valence-corrected chi connectivity index (χ1v) is 12.6. The first-order chi connectivity index (χ1) is 15.5. The number of ether oxygens (including phenoxy) is 3. The molecule has 2 aromatic carbocycles. The van der Waals surface area contributed by atoms with E-state index in [4.69, 9.17) is 19.2 Å². The topological polar surface area (TPSA) is 81.2 Å². The van der Waals surface area contributed by atoms with Crippen molar-refractivity contribution in [2.45, 2.75) is 11.3 Å². The zero-order valence-corrected chi connectivity index (χ0v) is 19.2. The monoisotopic (exact) mass is 473 g/mol. The summed E-state index contributed by atoms with van der Waals surface area (Å²) in [6, 6.07) is 12.7. The first kappa shape index (κ1) is 21.0. The Balaban J connectivity index is 1.23. The van der Waals surface area contributed by atoms with Gasteiger partial charge in [-0.3, -0.25) is 0 Å². The van der Waals surface area contributed by atoms with Crippen LogP contribution in [0.2, 0.25) is 0 Å². The number of methoxy groups -OCH3 is 1. The molecule has 0 atom stereocenters. The maximum Gasteiger partial charge on any atom is 0.243 e. The second-order valence-corrected chi connectivity index (χ2v) is 10.3. The Bertz CT molecular complexity index is 1220. The van der Waals surface area contributed by atoms with Crippen LogP contribution >= 0.6 is 11.3 Å². The summed E-state index contributed by atoms with van der Waals surface area (Å²) < 4.78 is 43.6. The minimum atomic E-state index is -3.59. The van der Waals surface area contributed by atoms with Gasteiger partial charge in [-0.05, 0) is 29.8 Å². The highest BCUT2D eigenvalue weighted by Gasteiger charge is 2.30. The second kappa shape index (κ2) is 8.61. The van der Waals surface area contributed by atoms with Crippen LogP contribution in [0, 0.1) is 0 Å². The molecule has 5 rings (SSSR count). The van der Waals surface area contributed by atoms with Crippen LogP contribution in [0.15, 0.2) is 52.7 Å². The molecule has 1 fully saturated rings. The van der Waals surface area contributed by atoms with Crippen LogP contribution < -0.4 is 19.1 Å². The van der Waals surface area contributed by atoms with E-state index in [1.807, 2.05) is 18.2 Å². The number of fused-ring (bicyclic) bond motifs is 1. The number of benzene rings is 2. The van der Waals surface area contributed by atoms with Crippen LogP contribution in [0.5, 0.6) is 17.2 Å². The van der Waals surface area contributed by atoms with Gasteiger partial charge < -0.3 is 19.1 Å². The van der Waals surface area contributed by atoms with E-state index in [-0.39, 0.29) is 11.7 Å². The molecule has 0 saturated carbocycles. The lowest BCUT2D eigenvalue weighted by Gasteiger charge is -2.33. The minimum absolute atomic E-state index is 0.116. The van der Waals surface area contributed by atoms with Crippen molar-refractivity contribution in [3.05, 3.63) is 59.1 Å². The molecular weight excluding hydrogens is 450 g/mol. The molecule has 168 valence electrons. The molecule has 1 aromatic heterocycles. The van der Waals surface area contributed by atoms with E-state index in [9.17, 15) is 8.42 Å². The molecule has 0 N–H and O–H groups in total. The quantitative estimate of drug-likeness (QED) is 0.544. The molecule has 0 unspecified atom stereocenters. The number of nitrogens with zero attached hydrogens (tertiary/aromatic N) is 3. The highest BCUT2D eigenvalue weighted by atomic mass is 32.2. The van der Waals surface area contributed by atoms with Crippen LogP contribution in [0.1, 0.15) is 11.3 Å². The van der Waals surface area contributed by atoms with Gasteiger partial charge in [-0.25, -0.2) is 13.4 Å². The van der Waals surface area contributed by atoms with Gasteiger partial charge in [0.1, 0.15) is 5.75 Å². The molecule has 0 bridgehead atoms. The fourth-order valence-corrected chi connectivity index (χ4v) is 6.14. The van der Waals surface area contributed by atoms with Crippen molar-refractivity contribution in [2.24, 2.45) is 0 Å². The third-order valence-corrected chi connectivity index (χ3v) is 8.39. The third-order valence-electron chi connectivity index (χ3n) is 5.55. The second-order valence-electron chi connectivity index (χ2n) is 7.56. The van der Waals surface area contributed by atoms with Crippen LogP contribution in [-0.4, -0.2) is 57.8 Å². The van der Waals surface area contributed by atoms with Gasteiger partial charge in [-0.1, -0.05) is 12.1 Å². The molecule has 10 heteroatoms. The minimum Gasteiger partial charge on any atom is -0.497 e. The summed E-state index contributed by atoms with van der Waals surface area (Å²) >= 11 is 1.59. The van der Waals surface area contributed by atoms with E-state index >= 15 is 0 Å². The third kappa shape index (κ3) is 4.13. The smallest absolute Gasteiger partial charge is 0.243 e. The van der Waals surface area contributed by atoms with E-state index < -0.39 is 10.0 Å². The molecule has 0 spiro atoms. The molecule has 32 heavy (non-hydrogen) atoms. The lowest BCUT2D eigenvalue weighted by atomic mass is 10.1. The van der Waals surface area contributed by atoms with E-state index in [1.54, 1.807) is 30.6 Å². The van der Waals surface area contributed by atoms with E-state index in [0.29, 0.717) is 37.7 Å². The van der Waals surface area contributed by atoms with Crippen molar-refractivity contribution in [1.29, 1.82) is 0 Å². The Kier molecular flexibility index (Phi) is 5.66. The maximum absolute atomic E-state index is 13.1. The molecule has 3 heterocycles. The van der Waals surface area contributed by atoms with Crippen molar-refractivity contribution >= 4 is 26.5 Å². The van der Waals surface area contributed by atoms with Crippen LogP contribution in [0.25, 0.3) is 0 Å². The van der Waals surface area contributed by atoms with Gasteiger partial charge in [0, 0.05) is 44.0 Å². The number of rotatable bonds is 6. The molecule has 1 saturated heterocycles. The summed E-state index contributed by atoms with van der Waals surface area (Å²) in [5.74, 6) is 1.87. The van der Waals surface area contributed by atoms with E-state index in [2.05, 4.69) is 16.3 Å². The van der Waals surface area contributed by atoms with Gasteiger partial charge in [0.2, 0.25) is 16.8 Å². The Morgan fingerprint density at radius 2 is 1.88 bits per heavy atom. The maximum atomic E-state index is 13.1. The number of hydrogen-bond acceptors (Lipinski definition) is 8. The van der Waals surface area contributed by atoms with Gasteiger partial charge in [0.25, 0.3) is 0 Å². The standard InChI is InChI=1S/C22H23N3O5S2/c1-28-18-4-2-3-16(12-18)11-17-14-31-22(23-17)24-7-9-25(10-8-24)32(26,27)19-5-6-20-21(13-19)30-15-29-20/h2-6,12-14H,7-11,15H2,1H3. The Morgan fingerprint density at radius 3 is 2.69 bits per heavy atom. The number of hydrogen-bond donors (Lipinski definition) is 0. The molecular formula is C22H23N3O5S2. The van der Waals surface area contributed by atoms with Crippen molar-refractivity contribution in [2.75, 3.05) is 45.0 Å². The average Bonchev–Trinajstić information content (AvgIpc) is 3.48. The Morgan fingerprint density at radius 1 is 1.06 bits per heavy atom. The highest BCUT2D eigenvalue weighted by molar-refractivity contribution is 7.89. The number of anilines is 1. The predicted octanol–water partition coefficient (Wildman–Crippen LogP) is 2.98. The van der Waals surface area contributed by atoms with E-state index in [0.717, 1.165) is 28.6 Å². The van der Waals surface area contributed by atoms with Crippen LogP contribution in [0.3, 0.4) is 0 Å². The first-order valence-electron chi connectivity index (χ1n) is 10.2. The summed E-state index contributed by atoms with van der Waals surface area (Å²) in [5.41, 5.74) is 2.13. The van der Waals surface area contributed by atoms with Crippen molar-refractivity contribution < 1.29 is 22.6 Å². The largest absolute Gasteiger partial charge is 0.497 e. The highest BCUT2D eigenvalue weighted by Crippen LogP contribution is 2.35. The molecule has 2 aliphatic heterocycles. The number of sulfonamides is 1. The predicted molar refractivity (Wildman–Crippen MR) is 121 cm³/mol. The average molecular weight is 474 g/mol. The summed E-state index contributed by atoms with van der Waals surface area (Å²) in [6.07, 6.45) is 0.728. The summed E-state index contributed by atoms with van der Waals surface area (Å²) in [7, 11) is -1.93. The van der Waals surface area contributed by atoms with E-state index in [1.165, 1.54) is 10.4 Å². The fourth-order valence-electron chi connectivity index (χ4n) is 3.82. The molecule has 3 aromatic rings. The zero-order valence-electron chi connectivity index (χ0n) is 17.6.